The summed E-state index contributed by atoms with van der Waals surface area (Å²) in [7, 11) is 0. The van der Waals surface area contributed by atoms with Crippen LogP contribution < -0.4 is 15.0 Å². The van der Waals surface area contributed by atoms with Crippen LogP contribution in [0, 0.1) is 24.0 Å². The minimum absolute atomic E-state index is 0.00290. The predicted molar refractivity (Wildman–Crippen MR) is 190 cm³/mol. The van der Waals surface area contributed by atoms with Gasteiger partial charge in [-0.3, -0.25) is 14.8 Å². The Morgan fingerprint density at radius 2 is 1.89 bits per heavy atom. The molecule has 53 heavy (non-hydrogen) atoms. The van der Waals surface area contributed by atoms with Crippen molar-refractivity contribution in [1.82, 2.24) is 30.1 Å². The molecule has 4 aromatic rings. The lowest BCUT2D eigenvalue weighted by Crippen LogP contribution is -2.58. The third-order valence-electron chi connectivity index (χ3n) is 11.5. The number of terminal acetylenes is 1. The number of fused-ring (bicyclic) bond motifs is 5. The summed E-state index contributed by atoms with van der Waals surface area (Å²) in [6.45, 7) is 5.09. The van der Waals surface area contributed by atoms with Gasteiger partial charge in [0.2, 0.25) is 0 Å². The number of rotatable bonds is 7. The molecule has 0 unspecified atom stereocenters. The van der Waals surface area contributed by atoms with Gasteiger partial charge in [-0.05, 0) is 43.6 Å². The van der Waals surface area contributed by atoms with Crippen molar-refractivity contribution in [2.45, 2.75) is 61.7 Å². The molecule has 2 bridgehead atoms. The van der Waals surface area contributed by atoms with Gasteiger partial charge in [0.25, 0.3) is 5.92 Å². The molecule has 4 atom stereocenters. The van der Waals surface area contributed by atoms with E-state index in [1.807, 2.05) is 0 Å². The van der Waals surface area contributed by atoms with Crippen molar-refractivity contribution < 1.29 is 31.8 Å². The average molecular weight is 728 g/mol. The zero-order valence-electron chi connectivity index (χ0n) is 28.9. The third-order valence-corrected chi connectivity index (χ3v) is 11.5. The number of benzene rings is 2. The lowest BCUT2D eigenvalue weighted by Gasteiger charge is -2.38. The van der Waals surface area contributed by atoms with Gasteiger partial charge >= 0.3 is 12.1 Å². The summed E-state index contributed by atoms with van der Waals surface area (Å²) < 4.78 is 70.4. The molecule has 0 radical (unpaired) electrons. The van der Waals surface area contributed by atoms with Gasteiger partial charge in [-0.1, -0.05) is 42.3 Å². The van der Waals surface area contributed by atoms with Gasteiger partial charge in [-0.2, -0.15) is 9.97 Å². The molecule has 2 aromatic heterocycles. The molecular weight excluding hydrogens is 690 g/mol. The molecule has 5 saturated heterocycles. The number of nitrogens with one attached hydrogen (secondary N) is 1. The standard InChI is InChI=1S/C39H37F4N7O3/c1-3-27-30(40)10-7-23-5-4-6-28(31(23)27)33-32(41)34-29(14-44-33)35(48-16-24-8-9-25(17-48)45-24)47-36(46-34)53-21-38-12-11-26(50(38)15-22(2)13-38)18-52-37(51)49-19-39(42,43)20-49/h1,4-7,10,14,24-26,45H,2,8-9,11-13,15-21H2/t24-,25+,26-,38-/m0/s1. The zero-order valence-corrected chi connectivity index (χ0v) is 28.9. The molecule has 1 amide bonds. The normalized spacial score (nSPS) is 26.2. The molecule has 274 valence electrons. The zero-order chi connectivity index (χ0) is 36.6. The average Bonchev–Trinajstić information content (AvgIpc) is 3.77. The highest BCUT2D eigenvalue weighted by Crippen LogP contribution is 2.45. The first-order valence-electron chi connectivity index (χ1n) is 17.9. The third kappa shape index (κ3) is 5.81. The number of anilines is 1. The summed E-state index contributed by atoms with van der Waals surface area (Å²) in [5.74, 6) is -1.21. The van der Waals surface area contributed by atoms with Crippen molar-refractivity contribution in [2.24, 2.45) is 0 Å². The van der Waals surface area contributed by atoms with Gasteiger partial charge in [0.15, 0.2) is 5.82 Å². The van der Waals surface area contributed by atoms with Gasteiger partial charge in [0.05, 0.1) is 29.6 Å². The molecule has 5 fully saturated rings. The number of hydrogen-bond acceptors (Lipinski definition) is 9. The number of ether oxygens (including phenoxy) is 2. The lowest BCUT2D eigenvalue weighted by molar-refractivity contribution is -0.121. The van der Waals surface area contributed by atoms with Crippen LogP contribution in [0.2, 0.25) is 0 Å². The van der Waals surface area contributed by atoms with E-state index in [1.54, 1.807) is 30.5 Å². The summed E-state index contributed by atoms with van der Waals surface area (Å²) in [6.07, 6.45) is 10.6. The smallest absolute Gasteiger partial charge is 0.410 e. The highest BCUT2D eigenvalue weighted by atomic mass is 19.3. The first kappa shape index (κ1) is 33.8. The Balaban J connectivity index is 1.05. The van der Waals surface area contributed by atoms with Gasteiger partial charge in [-0.25, -0.2) is 22.4 Å². The van der Waals surface area contributed by atoms with E-state index < -0.39 is 42.3 Å². The number of nitrogens with zero attached hydrogens (tertiary/aromatic N) is 6. The number of alkyl halides is 2. The number of halogens is 4. The molecule has 9 rings (SSSR count). The molecule has 2 aromatic carbocycles. The Morgan fingerprint density at radius 1 is 1.09 bits per heavy atom. The van der Waals surface area contributed by atoms with Crippen LogP contribution in [0.5, 0.6) is 6.01 Å². The number of hydrogen-bond donors (Lipinski definition) is 1. The van der Waals surface area contributed by atoms with E-state index in [9.17, 15) is 18.0 Å². The van der Waals surface area contributed by atoms with Crippen LogP contribution in [0.25, 0.3) is 32.9 Å². The summed E-state index contributed by atoms with van der Waals surface area (Å²) in [5.41, 5.74) is 0.866. The molecule has 7 heterocycles. The van der Waals surface area contributed by atoms with Crippen molar-refractivity contribution in [1.29, 1.82) is 0 Å². The minimum Gasteiger partial charge on any atom is -0.461 e. The number of carbonyl (C=O) groups excluding carboxylic acids is 1. The van der Waals surface area contributed by atoms with Gasteiger partial charge in [0.1, 0.15) is 36.1 Å². The molecule has 5 aliphatic heterocycles. The quantitative estimate of drug-likeness (QED) is 0.147. The Kier molecular flexibility index (Phi) is 8.01. The lowest BCUT2D eigenvalue weighted by atomic mass is 9.94. The number of likely N-dealkylation sites (tertiary alicyclic amines) is 1. The van der Waals surface area contributed by atoms with Crippen molar-refractivity contribution in [2.75, 3.05) is 50.8 Å². The maximum absolute atomic E-state index is 17.0. The first-order valence-corrected chi connectivity index (χ1v) is 17.9. The summed E-state index contributed by atoms with van der Waals surface area (Å²) in [4.78, 5) is 31.8. The highest BCUT2D eigenvalue weighted by molar-refractivity contribution is 6.02. The van der Waals surface area contributed by atoms with E-state index in [0.29, 0.717) is 66.4 Å². The van der Waals surface area contributed by atoms with Crippen LogP contribution in [-0.2, 0) is 4.74 Å². The molecule has 0 saturated carbocycles. The fourth-order valence-corrected chi connectivity index (χ4v) is 9.03. The van der Waals surface area contributed by atoms with Crippen molar-refractivity contribution >= 4 is 33.6 Å². The molecular formula is C39H37F4N7O3. The summed E-state index contributed by atoms with van der Waals surface area (Å²) in [6, 6.07) is 8.49. The Labute approximate surface area is 303 Å². The maximum atomic E-state index is 17.0. The second kappa shape index (κ2) is 12.6. The van der Waals surface area contributed by atoms with Gasteiger partial charge < -0.3 is 19.7 Å². The van der Waals surface area contributed by atoms with Crippen LogP contribution >= 0.6 is 0 Å². The van der Waals surface area contributed by atoms with Gasteiger partial charge in [0, 0.05) is 54.9 Å². The Bertz CT molecular complexity index is 2210. The molecule has 14 heteroatoms. The maximum Gasteiger partial charge on any atom is 0.410 e. The van der Waals surface area contributed by atoms with E-state index in [1.165, 1.54) is 6.07 Å². The van der Waals surface area contributed by atoms with Crippen LogP contribution in [0.3, 0.4) is 0 Å². The van der Waals surface area contributed by atoms with Crippen LogP contribution in [0.4, 0.5) is 28.2 Å². The van der Waals surface area contributed by atoms with E-state index in [4.69, 9.17) is 20.9 Å². The molecule has 0 spiro atoms. The predicted octanol–water partition coefficient (Wildman–Crippen LogP) is 5.67. The Morgan fingerprint density at radius 3 is 2.64 bits per heavy atom. The number of pyridine rings is 1. The van der Waals surface area contributed by atoms with E-state index >= 15 is 4.39 Å². The topological polar surface area (TPSA) is 96.0 Å². The fourth-order valence-electron chi connectivity index (χ4n) is 9.03. The van der Waals surface area contributed by atoms with E-state index in [-0.39, 0.29) is 54.1 Å². The minimum atomic E-state index is -2.87. The second-order valence-corrected chi connectivity index (χ2v) is 15.1. The monoisotopic (exact) mass is 727 g/mol. The molecule has 5 aliphatic rings. The van der Waals surface area contributed by atoms with Crippen molar-refractivity contribution in [3.63, 3.8) is 0 Å². The summed E-state index contributed by atoms with van der Waals surface area (Å²) in [5, 5.41) is 5.09. The SMILES string of the molecule is C#Cc1c(F)ccc2cccc(-c3ncc4c(N5C[C@H]6CC[C@@H](C5)N6)nc(OC[C@@]56CC[C@@H](COC(=O)N7CC(F)(F)C7)N5CC(=C)C6)nc4c3F)c12. The van der Waals surface area contributed by atoms with E-state index in [2.05, 4.69) is 37.6 Å². The van der Waals surface area contributed by atoms with Crippen molar-refractivity contribution in [3.8, 4) is 29.6 Å². The first-order chi connectivity index (χ1) is 25.5. The molecule has 0 aliphatic carbocycles. The van der Waals surface area contributed by atoms with Crippen LogP contribution in [0.1, 0.15) is 37.7 Å². The summed E-state index contributed by atoms with van der Waals surface area (Å²) >= 11 is 0. The second-order valence-electron chi connectivity index (χ2n) is 15.1. The number of aromatic nitrogens is 3. The molecule has 10 nitrogen and oxygen atoms in total. The highest BCUT2D eigenvalue weighted by Gasteiger charge is 2.52. The van der Waals surface area contributed by atoms with Gasteiger partial charge in [-0.15, -0.1) is 6.42 Å². The van der Waals surface area contributed by atoms with E-state index in [0.717, 1.165) is 23.3 Å². The van der Waals surface area contributed by atoms with Crippen LogP contribution in [0.15, 0.2) is 48.7 Å². The Hall–Kier alpha value is -5.00. The molecule has 1 N–H and O–H groups in total. The van der Waals surface area contributed by atoms with Crippen molar-refractivity contribution in [3.05, 3.63) is 65.9 Å². The number of piperazine rings is 1. The largest absolute Gasteiger partial charge is 0.461 e. The van der Waals surface area contributed by atoms with Crippen LogP contribution in [-0.4, -0.2) is 106 Å². The fraction of sp³-hybridized carbons (Fsp3) is 0.436. The number of carbonyl (C=O) groups is 1. The number of amides is 1.